The fraction of sp³-hybridized carbons (Fsp3) is 0.250. The van der Waals surface area contributed by atoms with E-state index in [4.69, 9.17) is 23.1 Å². The van der Waals surface area contributed by atoms with Gasteiger partial charge in [-0.05, 0) is 55.3 Å². The summed E-state index contributed by atoms with van der Waals surface area (Å²) in [5, 5.41) is 4.07. The first kappa shape index (κ1) is 19.4. The average Bonchev–Trinajstić information content (AvgIpc) is 3.07. The number of halogens is 2. The van der Waals surface area contributed by atoms with E-state index >= 15 is 0 Å². The van der Waals surface area contributed by atoms with Gasteiger partial charge in [-0.3, -0.25) is 4.79 Å². The molecule has 5 nitrogen and oxygen atoms in total. The summed E-state index contributed by atoms with van der Waals surface area (Å²) in [4.78, 5) is 15.5. The lowest BCUT2D eigenvalue weighted by Crippen LogP contribution is -2.37. The smallest absolute Gasteiger partial charge is 0.267 e. The number of benzene rings is 2. The van der Waals surface area contributed by atoms with Crippen LogP contribution in [0.2, 0.25) is 5.02 Å². The zero-order chi connectivity index (χ0) is 19.4. The molecule has 7 heteroatoms. The van der Waals surface area contributed by atoms with Gasteiger partial charge in [0.2, 0.25) is 0 Å². The number of fused-ring (bicyclic) bond motifs is 1. The minimum absolute atomic E-state index is 0.117. The van der Waals surface area contributed by atoms with Gasteiger partial charge in [0.25, 0.3) is 5.91 Å². The van der Waals surface area contributed by atoms with Crippen LogP contribution in [-0.2, 0) is 0 Å². The second kappa shape index (κ2) is 8.52. The molecule has 0 aliphatic heterocycles. The van der Waals surface area contributed by atoms with Crippen molar-refractivity contribution in [2.45, 2.75) is 18.9 Å². The standard InChI is InChI=1S/C20H22ClFN4O/c21-17-10-14(22)5-6-16(17)12-3-4-13-9-19(26-18(13)8-12)20(27)25-11-15(24)2-1-7-23/h3-6,8-10,15,26H,1-2,7,11,23-24H2,(H,25,27). The number of hydrogen-bond donors (Lipinski definition) is 4. The number of carbonyl (C=O) groups excluding carboxylic acids is 1. The fourth-order valence-electron chi connectivity index (χ4n) is 2.94. The molecule has 0 aliphatic rings. The number of rotatable bonds is 7. The van der Waals surface area contributed by atoms with Crippen LogP contribution in [0, 0.1) is 5.82 Å². The molecule has 1 atom stereocenters. The van der Waals surface area contributed by atoms with E-state index in [1.807, 2.05) is 18.2 Å². The fourth-order valence-corrected chi connectivity index (χ4v) is 3.22. The molecule has 0 saturated heterocycles. The van der Waals surface area contributed by atoms with Crippen LogP contribution in [0.15, 0.2) is 42.5 Å². The largest absolute Gasteiger partial charge is 0.351 e. The first-order chi connectivity index (χ1) is 13.0. The summed E-state index contributed by atoms with van der Waals surface area (Å²) in [6.45, 7) is 0.981. The number of carbonyl (C=O) groups is 1. The van der Waals surface area contributed by atoms with Crippen LogP contribution in [0.4, 0.5) is 4.39 Å². The summed E-state index contributed by atoms with van der Waals surface area (Å²) in [5.74, 6) is -0.593. The third-order valence-corrected chi connectivity index (χ3v) is 4.73. The second-order valence-corrected chi connectivity index (χ2v) is 6.92. The molecule has 0 aliphatic carbocycles. The highest BCUT2D eigenvalue weighted by Gasteiger charge is 2.12. The molecule has 2 aromatic carbocycles. The molecule has 6 N–H and O–H groups in total. The SMILES string of the molecule is NCCCC(N)CNC(=O)c1cc2ccc(-c3ccc(F)cc3Cl)cc2[nH]1. The topological polar surface area (TPSA) is 96.9 Å². The van der Waals surface area contributed by atoms with Crippen molar-refractivity contribution in [2.24, 2.45) is 11.5 Å². The van der Waals surface area contributed by atoms with Crippen LogP contribution >= 0.6 is 11.6 Å². The van der Waals surface area contributed by atoms with E-state index in [-0.39, 0.29) is 17.8 Å². The van der Waals surface area contributed by atoms with Crippen molar-refractivity contribution in [2.75, 3.05) is 13.1 Å². The summed E-state index contributed by atoms with van der Waals surface area (Å²) in [6.07, 6.45) is 1.60. The highest BCUT2D eigenvalue weighted by molar-refractivity contribution is 6.33. The summed E-state index contributed by atoms with van der Waals surface area (Å²) in [7, 11) is 0. The van der Waals surface area contributed by atoms with Crippen molar-refractivity contribution >= 4 is 28.4 Å². The summed E-state index contributed by atoms with van der Waals surface area (Å²) >= 11 is 6.14. The van der Waals surface area contributed by atoms with Crippen molar-refractivity contribution < 1.29 is 9.18 Å². The molecule has 1 amide bonds. The molecule has 0 fully saturated rings. The molecule has 0 saturated carbocycles. The van der Waals surface area contributed by atoms with E-state index in [1.54, 1.807) is 12.1 Å². The maximum absolute atomic E-state index is 13.3. The van der Waals surface area contributed by atoms with Gasteiger partial charge in [-0.15, -0.1) is 0 Å². The maximum Gasteiger partial charge on any atom is 0.267 e. The highest BCUT2D eigenvalue weighted by atomic mass is 35.5. The van der Waals surface area contributed by atoms with Crippen molar-refractivity contribution in [3.05, 3.63) is 59.0 Å². The van der Waals surface area contributed by atoms with E-state index in [0.717, 1.165) is 34.9 Å². The number of hydrogen-bond acceptors (Lipinski definition) is 3. The molecule has 0 spiro atoms. The molecule has 1 heterocycles. The van der Waals surface area contributed by atoms with Gasteiger partial charge in [-0.2, -0.15) is 0 Å². The summed E-state index contributed by atoms with van der Waals surface area (Å²) in [6, 6.07) is 11.6. The Morgan fingerprint density at radius 3 is 2.78 bits per heavy atom. The Morgan fingerprint density at radius 1 is 1.22 bits per heavy atom. The number of aromatic nitrogens is 1. The Balaban J connectivity index is 1.76. The normalized spacial score (nSPS) is 12.3. The third kappa shape index (κ3) is 4.66. The van der Waals surface area contributed by atoms with Crippen LogP contribution in [0.5, 0.6) is 0 Å². The van der Waals surface area contributed by atoms with Crippen molar-refractivity contribution in [3.8, 4) is 11.1 Å². The lowest BCUT2D eigenvalue weighted by molar-refractivity contribution is 0.0946. The van der Waals surface area contributed by atoms with Gasteiger partial charge in [0.15, 0.2) is 0 Å². The quantitative estimate of drug-likeness (QED) is 0.499. The zero-order valence-electron chi connectivity index (χ0n) is 14.8. The van der Waals surface area contributed by atoms with E-state index in [0.29, 0.717) is 23.8 Å². The molecular formula is C20H22ClFN4O. The first-order valence-corrected chi connectivity index (χ1v) is 9.18. The van der Waals surface area contributed by atoms with E-state index < -0.39 is 0 Å². The van der Waals surface area contributed by atoms with Gasteiger partial charge in [0.05, 0.1) is 5.02 Å². The minimum atomic E-state index is -0.381. The number of nitrogens with one attached hydrogen (secondary N) is 2. The van der Waals surface area contributed by atoms with Gasteiger partial charge in [-0.25, -0.2) is 4.39 Å². The van der Waals surface area contributed by atoms with Crippen molar-refractivity contribution in [1.82, 2.24) is 10.3 Å². The van der Waals surface area contributed by atoms with Gasteiger partial charge in [0.1, 0.15) is 11.5 Å². The first-order valence-electron chi connectivity index (χ1n) is 8.80. The minimum Gasteiger partial charge on any atom is -0.351 e. The monoisotopic (exact) mass is 388 g/mol. The molecule has 1 unspecified atom stereocenters. The van der Waals surface area contributed by atoms with Crippen LogP contribution < -0.4 is 16.8 Å². The lowest BCUT2D eigenvalue weighted by Gasteiger charge is -2.11. The van der Waals surface area contributed by atoms with Crippen LogP contribution in [0.25, 0.3) is 22.0 Å². The molecule has 0 bridgehead atoms. The molecule has 0 radical (unpaired) electrons. The number of aromatic amines is 1. The predicted molar refractivity (Wildman–Crippen MR) is 107 cm³/mol. The van der Waals surface area contributed by atoms with E-state index in [2.05, 4.69) is 10.3 Å². The van der Waals surface area contributed by atoms with Crippen LogP contribution in [0.3, 0.4) is 0 Å². The summed E-state index contributed by atoms with van der Waals surface area (Å²) in [5.41, 5.74) is 14.2. The van der Waals surface area contributed by atoms with E-state index in [1.165, 1.54) is 12.1 Å². The zero-order valence-corrected chi connectivity index (χ0v) is 15.5. The average molecular weight is 389 g/mol. The van der Waals surface area contributed by atoms with E-state index in [9.17, 15) is 9.18 Å². The lowest BCUT2D eigenvalue weighted by atomic mass is 10.0. The Kier molecular flexibility index (Phi) is 6.11. The second-order valence-electron chi connectivity index (χ2n) is 6.51. The van der Waals surface area contributed by atoms with Crippen molar-refractivity contribution in [3.63, 3.8) is 0 Å². The number of nitrogens with two attached hydrogens (primary N) is 2. The molecule has 142 valence electrons. The van der Waals surface area contributed by atoms with Crippen molar-refractivity contribution in [1.29, 1.82) is 0 Å². The number of H-pyrrole nitrogens is 1. The Bertz CT molecular complexity index is 956. The third-order valence-electron chi connectivity index (χ3n) is 4.41. The maximum atomic E-state index is 13.3. The molecule has 1 aromatic heterocycles. The predicted octanol–water partition coefficient (Wildman–Crippen LogP) is 3.42. The number of amides is 1. The Morgan fingerprint density at radius 2 is 2.04 bits per heavy atom. The molecular weight excluding hydrogens is 367 g/mol. The van der Waals surface area contributed by atoms with Gasteiger partial charge in [-0.1, -0.05) is 23.7 Å². The molecule has 3 rings (SSSR count). The summed E-state index contributed by atoms with van der Waals surface area (Å²) < 4.78 is 13.3. The van der Waals surface area contributed by atoms with Gasteiger partial charge >= 0.3 is 0 Å². The van der Waals surface area contributed by atoms with Crippen LogP contribution in [-0.4, -0.2) is 30.0 Å². The molecule has 3 aromatic rings. The van der Waals surface area contributed by atoms with Gasteiger partial charge < -0.3 is 21.8 Å². The highest BCUT2D eigenvalue weighted by Crippen LogP contribution is 2.30. The Hall–Kier alpha value is -2.41. The van der Waals surface area contributed by atoms with Gasteiger partial charge in [0, 0.05) is 29.1 Å². The molecule has 27 heavy (non-hydrogen) atoms. The van der Waals surface area contributed by atoms with Crippen LogP contribution in [0.1, 0.15) is 23.3 Å². The Labute approximate surface area is 161 Å².